The number of nitrogens with two attached hydrogens (primary N) is 1. The van der Waals surface area contributed by atoms with Crippen LogP contribution >= 0.6 is 11.3 Å². The monoisotopic (exact) mass is 286 g/mol. The molecule has 4 heteroatoms. The molecule has 1 heterocycles. The SMILES string of the molecule is Cc1cccc(N)c1NC(=O)c1cc2c(s1)CCCC2. The molecule has 0 aliphatic heterocycles. The average Bonchev–Trinajstić information content (AvgIpc) is 2.87. The Morgan fingerprint density at radius 3 is 2.85 bits per heavy atom. The van der Waals surface area contributed by atoms with E-state index >= 15 is 0 Å². The summed E-state index contributed by atoms with van der Waals surface area (Å²) in [7, 11) is 0. The quantitative estimate of drug-likeness (QED) is 0.826. The molecular formula is C16H18N2OS. The maximum atomic E-state index is 12.4. The van der Waals surface area contributed by atoms with E-state index in [9.17, 15) is 4.79 Å². The first kappa shape index (κ1) is 13.2. The fraction of sp³-hybridized carbons (Fsp3) is 0.312. The molecule has 3 nitrogen and oxygen atoms in total. The predicted octanol–water partition coefficient (Wildman–Crippen LogP) is 3.77. The summed E-state index contributed by atoms with van der Waals surface area (Å²) in [5, 5.41) is 2.95. The zero-order valence-corrected chi connectivity index (χ0v) is 12.3. The van der Waals surface area contributed by atoms with E-state index in [0.29, 0.717) is 5.69 Å². The highest BCUT2D eigenvalue weighted by Gasteiger charge is 2.18. The van der Waals surface area contributed by atoms with Gasteiger partial charge in [0.1, 0.15) is 0 Å². The predicted molar refractivity (Wildman–Crippen MR) is 84.5 cm³/mol. The van der Waals surface area contributed by atoms with Gasteiger partial charge in [-0.2, -0.15) is 0 Å². The van der Waals surface area contributed by atoms with Gasteiger partial charge in [-0.15, -0.1) is 11.3 Å². The van der Waals surface area contributed by atoms with Gasteiger partial charge < -0.3 is 11.1 Å². The third kappa shape index (κ3) is 2.43. The van der Waals surface area contributed by atoms with Crippen molar-refractivity contribution in [3.63, 3.8) is 0 Å². The van der Waals surface area contributed by atoms with Crippen molar-refractivity contribution in [2.24, 2.45) is 0 Å². The van der Waals surface area contributed by atoms with E-state index in [1.807, 2.05) is 31.2 Å². The van der Waals surface area contributed by atoms with Gasteiger partial charge in [0.25, 0.3) is 5.91 Å². The number of rotatable bonds is 2. The molecule has 1 aromatic carbocycles. The highest BCUT2D eigenvalue weighted by Crippen LogP contribution is 2.31. The number of benzene rings is 1. The van der Waals surface area contributed by atoms with E-state index in [0.717, 1.165) is 29.0 Å². The Kier molecular flexibility index (Phi) is 3.49. The number of amides is 1. The van der Waals surface area contributed by atoms with Crippen LogP contribution in [0.4, 0.5) is 11.4 Å². The van der Waals surface area contributed by atoms with Crippen molar-refractivity contribution < 1.29 is 4.79 Å². The number of hydrogen-bond acceptors (Lipinski definition) is 3. The standard InChI is InChI=1S/C16H18N2OS/c1-10-5-4-7-12(17)15(10)18-16(19)14-9-11-6-2-3-8-13(11)20-14/h4-5,7,9H,2-3,6,8,17H2,1H3,(H,18,19). The number of carbonyl (C=O) groups is 1. The molecule has 0 radical (unpaired) electrons. The van der Waals surface area contributed by atoms with Crippen molar-refractivity contribution in [3.8, 4) is 0 Å². The molecule has 0 fully saturated rings. The van der Waals surface area contributed by atoms with Crippen LogP contribution in [0.15, 0.2) is 24.3 Å². The average molecular weight is 286 g/mol. The molecule has 0 unspecified atom stereocenters. The molecule has 1 aromatic heterocycles. The molecule has 0 saturated carbocycles. The Bertz CT molecular complexity index is 617. The van der Waals surface area contributed by atoms with E-state index in [1.54, 1.807) is 11.3 Å². The topological polar surface area (TPSA) is 55.1 Å². The van der Waals surface area contributed by atoms with Gasteiger partial charge in [0.15, 0.2) is 0 Å². The summed E-state index contributed by atoms with van der Waals surface area (Å²) in [6.45, 7) is 1.95. The summed E-state index contributed by atoms with van der Waals surface area (Å²) in [5.41, 5.74) is 9.61. The first-order chi connectivity index (χ1) is 9.65. The third-order valence-electron chi connectivity index (χ3n) is 3.76. The van der Waals surface area contributed by atoms with Gasteiger partial charge in [0.05, 0.1) is 16.3 Å². The van der Waals surface area contributed by atoms with Crippen molar-refractivity contribution in [1.29, 1.82) is 0 Å². The van der Waals surface area contributed by atoms with Crippen LogP contribution in [0, 0.1) is 6.92 Å². The number of nitrogen functional groups attached to an aromatic ring is 1. The van der Waals surface area contributed by atoms with Crippen LogP contribution in [0.25, 0.3) is 0 Å². The largest absolute Gasteiger partial charge is 0.397 e. The van der Waals surface area contributed by atoms with Crippen LogP contribution in [-0.2, 0) is 12.8 Å². The van der Waals surface area contributed by atoms with Gasteiger partial charge in [-0.1, -0.05) is 12.1 Å². The lowest BCUT2D eigenvalue weighted by Gasteiger charge is -2.10. The maximum Gasteiger partial charge on any atom is 0.265 e. The molecule has 3 rings (SSSR count). The smallest absolute Gasteiger partial charge is 0.265 e. The van der Waals surface area contributed by atoms with Crippen LogP contribution < -0.4 is 11.1 Å². The van der Waals surface area contributed by atoms with Crippen molar-refractivity contribution in [2.45, 2.75) is 32.6 Å². The van der Waals surface area contributed by atoms with E-state index < -0.39 is 0 Å². The summed E-state index contributed by atoms with van der Waals surface area (Å²) in [6, 6.07) is 7.70. The molecule has 104 valence electrons. The highest BCUT2D eigenvalue weighted by atomic mass is 32.1. The summed E-state index contributed by atoms with van der Waals surface area (Å²) >= 11 is 1.62. The summed E-state index contributed by atoms with van der Waals surface area (Å²) in [5.74, 6) is -0.0506. The van der Waals surface area contributed by atoms with E-state index in [-0.39, 0.29) is 5.91 Å². The van der Waals surface area contributed by atoms with Crippen LogP contribution in [0.2, 0.25) is 0 Å². The first-order valence-corrected chi connectivity index (χ1v) is 7.75. The van der Waals surface area contributed by atoms with E-state index in [4.69, 9.17) is 5.73 Å². The second-order valence-corrected chi connectivity index (χ2v) is 6.40. The third-order valence-corrected chi connectivity index (χ3v) is 5.00. The van der Waals surface area contributed by atoms with Gasteiger partial charge in [0, 0.05) is 4.88 Å². The summed E-state index contributed by atoms with van der Waals surface area (Å²) in [4.78, 5) is 14.5. The lowest BCUT2D eigenvalue weighted by atomic mass is 9.99. The fourth-order valence-corrected chi connectivity index (χ4v) is 3.79. The van der Waals surface area contributed by atoms with Crippen molar-refractivity contribution in [2.75, 3.05) is 11.1 Å². The van der Waals surface area contributed by atoms with Crippen molar-refractivity contribution in [3.05, 3.63) is 45.1 Å². The number of para-hydroxylation sites is 1. The number of aryl methyl sites for hydroxylation is 3. The highest BCUT2D eigenvalue weighted by molar-refractivity contribution is 7.14. The Morgan fingerprint density at radius 2 is 2.10 bits per heavy atom. The Morgan fingerprint density at radius 1 is 1.30 bits per heavy atom. The van der Waals surface area contributed by atoms with Crippen LogP contribution in [0.5, 0.6) is 0 Å². The van der Waals surface area contributed by atoms with Gasteiger partial charge in [0.2, 0.25) is 0 Å². The second-order valence-electron chi connectivity index (χ2n) is 5.26. The number of anilines is 2. The maximum absolute atomic E-state index is 12.4. The van der Waals surface area contributed by atoms with Crippen LogP contribution in [0.1, 0.15) is 38.5 Å². The fourth-order valence-electron chi connectivity index (χ4n) is 2.64. The Hall–Kier alpha value is -1.81. The van der Waals surface area contributed by atoms with Gasteiger partial charge in [-0.3, -0.25) is 4.79 Å². The molecule has 1 amide bonds. The van der Waals surface area contributed by atoms with Crippen LogP contribution in [-0.4, -0.2) is 5.91 Å². The lowest BCUT2D eigenvalue weighted by Crippen LogP contribution is -2.12. The zero-order valence-electron chi connectivity index (χ0n) is 11.5. The molecule has 3 N–H and O–H groups in total. The van der Waals surface area contributed by atoms with Crippen molar-refractivity contribution in [1.82, 2.24) is 0 Å². The molecule has 0 saturated heterocycles. The molecule has 0 bridgehead atoms. The number of carbonyl (C=O) groups excluding carboxylic acids is 1. The lowest BCUT2D eigenvalue weighted by molar-refractivity contribution is 0.103. The summed E-state index contributed by atoms with van der Waals surface area (Å²) in [6.07, 6.45) is 4.68. The van der Waals surface area contributed by atoms with Crippen LogP contribution in [0.3, 0.4) is 0 Å². The number of fused-ring (bicyclic) bond motifs is 1. The van der Waals surface area contributed by atoms with E-state index in [2.05, 4.69) is 5.32 Å². The molecule has 0 atom stereocenters. The van der Waals surface area contributed by atoms with Gasteiger partial charge in [-0.25, -0.2) is 0 Å². The number of thiophene rings is 1. The van der Waals surface area contributed by atoms with Crippen molar-refractivity contribution >= 4 is 28.6 Å². The normalized spacial score (nSPS) is 13.8. The first-order valence-electron chi connectivity index (χ1n) is 6.93. The van der Waals surface area contributed by atoms with Gasteiger partial charge >= 0.3 is 0 Å². The Labute approximate surface area is 122 Å². The number of hydrogen-bond donors (Lipinski definition) is 2. The zero-order chi connectivity index (χ0) is 14.1. The Balaban J connectivity index is 1.84. The number of nitrogens with one attached hydrogen (secondary N) is 1. The second kappa shape index (κ2) is 5.29. The minimum atomic E-state index is -0.0506. The summed E-state index contributed by atoms with van der Waals surface area (Å²) < 4.78 is 0. The molecule has 20 heavy (non-hydrogen) atoms. The molecular weight excluding hydrogens is 268 g/mol. The van der Waals surface area contributed by atoms with E-state index in [1.165, 1.54) is 23.3 Å². The van der Waals surface area contributed by atoms with Gasteiger partial charge in [-0.05, 0) is 55.9 Å². The molecule has 2 aromatic rings. The minimum absolute atomic E-state index is 0.0506. The minimum Gasteiger partial charge on any atom is -0.397 e. The molecule has 1 aliphatic rings. The molecule has 0 spiro atoms. The molecule has 1 aliphatic carbocycles.